The van der Waals surface area contributed by atoms with Gasteiger partial charge in [-0.2, -0.15) is 21.6 Å². The summed E-state index contributed by atoms with van der Waals surface area (Å²) in [5, 5.41) is 14.1. The van der Waals surface area contributed by atoms with Crippen LogP contribution in [0.5, 0.6) is 0 Å². The van der Waals surface area contributed by atoms with Crippen LogP contribution in [0.1, 0.15) is 0 Å². The molecule has 0 aromatic carbocycles. The first-order chi connectivity index (χ1) is 6.46. The highest BCUT2D eigenvalue weighted by Crippen LogP contribution is 2.21. The molecule has 15 heavy (non-hydrogen) atoms. The lowest BCUT2D eigenvalue weighted by molar-refractivity contribution is -0.209. The van der Waals surface area contributed by atoms with Crippen molar-refractivity contribution in [3.05, 3.63) is 0 Å². The van der Waals surface area contributed by atoms with Gasteiger partial charge in [0.15, 0.2) is 6.10 Å². The molecule has 0 aromatic rings. The first kappa shape index (κ1) is 14.6. The van der Waals surface area contributed by atoms with Crippen molar-refractivity contribution in [2.45, 2.75) is 12.3 Å². The number of aliphatic hydroxyl groups is 1. The molecule has 1 unspecified atom stereocenters. The maximum absolute atomic E-state index is 11.9. The number of nitrogens with two attached hydrogens (primary N) is 1. The van der Waals surface area contributed by atoms with Crippen molar-refractivity contribution in [3.63, 3.8) is 0 Å². The topological polar surface area (TPSA) is 86.9 Å². The zero-order valence-corrected chi connectivity index (χ0v) is 8.88. The van der Waals surface area contributed by atoms with Gasteiger partial charge >= 0.3 is 6.18 Å². The summed E-state index contributed by atoms with van der Waals surface area (Å²) in [6.45, 7) is -1.17. The minimum Gasteiger partial charge on any atom is -0.382 e. The van der Waals surface area contributed by atoms with Crippen molar-refractivity contribution in [2.75, 3.05) is 20.6 Å². The highest BCUT2D eigenvalue weighted by Gasteiger charge is 2.41. The van der Waals surface area contributed by atoms with E-state index in [4.69, 9.17) is 5.11 Å². The molecule has 0 aliphatic carbocycles. The molecule has 92 valence electrons. The van der Waals surface area contributed by atoms with E-state index in [1.54, 1.807) is 0 Å². The summed E-state index contributed by atoms with van der Waals surface area (Å²) in [7, 11) is -1.94. The molecule has 10 heteroatoms. The minimum absolute atomic E-state index is 0.213. The number of hydrazine groups is 1. The summed E-state index contributed by atoms with van der Waals surface area (Å²) in [6.07, 6.45) is -7.67. The smallest absolute Gasteiger partial charge is 0.382 e. The average Bonchev–Trinajstić information content (AvgIpc) is 1.94. The standard InChI is InChI=1S/C5H12F3N3O3S/c1-10(2)11(15(9,13)14)3-4(12)5(6,7)8/h4,12H,3H2,1-2H3,(H2,9,13,14). The summed E-state index contributed by atoms with van der Waals surface area (Å²) in [4.78, 5) is 0. The predicted octanol–water partition coefficient (Wildman–Crippen LogP) is -1.11. The molecular formula is C5H12F3N3O3S. The summed E-state index contributed by atoms with van der Waals surface area (Å²) in [5.41, 5.74) is 0. The molecule has 0 saturated heterocycles. The summed E-state index contributed by atoms with van der Waals surface area (Å²) in [6, 6.07) is 0. The fourth-order valence-corrected chi connectivity index (χ4v) is 1.55. The number of halogens is 3. The molecule has 0 saturated carbocycles. The Bertz CT molecular complexity index is 302. The van der Waals surface area contributed by atoms with Gasteiger partial charge < -0.3 is 5.11 Å². The number of hydrogen-bond acceptors (Lipinski definition) is 4. The van der Waals surface area contributed by atoms with Crippen LogP contribution in [0.15, 0.2) is 0 Å². The van der Waals surface area contributed by atoms with Gasteiger partial charge in [0.25, 0.3) is 10.2 Å². The van der Waals surface area contributed by atoms with Crippen molar-refractivity contribution in [1.82, 2.24) is 9.42 Å². The molecule has 0 radical (unpaired) electrons. The molecule has 0 spiro atoms. The summed E-state index contributed by atoms with van der Waals surface area (Å²) in [5.74, 6) is 0. The van der Waals surface area contributed by atoms with Gasteiger partial charge in [0.2, 0.25) is 0 Å². The van der Waals surface area contributed by atoms with Crippen molar-refractivity contribution in [1.29, 1.82) is 0 Å². The third-order valence-corrected chi connectivity index (χ3v) is 2.51. The zero-order chi connectivity index (χ0) is 12.4. The highest BCUT2D eigenvalue weighted by molar-refractivity contribution is 7.86. The fourth-order valence-electron chi connectivity index (χ4n) is 0.746. The van der Waals surface area contributed by atoms with Crippen molar-refractivity contribution in [2.24, 2.45) is 5.14 Å². The monoisotopic (exact) mass is 251 g/mol. The van der Waals surface area contributed by atoms with E-state index in [9.17, 15) is 21.6 Å². The molecule has 0 heterocycles. The van der Waals surface area contributed by atoms with Gasteiger partial charge in [-0.3, -0.25) is 0 Å². The Balaban J connectivity index is 4.74. The van der Waals surface area contributed by atoms with E-state index in [1.165, 1.54) is 14.1 Å². The van der Waals surface area contributed by atoms with E-state index in [2.05, 4.69) is 5.14 Å². The van der Waals surface area contributed by atoms with Crippen LogP contribution < -0.4 is 5.14 Å². The predicted molar refractivity (Wildman–Crippen MR) is 45.6 cm³/mol. The van der Waals surface area contributed by atoms with E-state index in [1.807, 2.05) is 0 Å². The van der Waals surface area contributed by atoms with Crippen LogP contribution in [0.2, 0.25) is 0 Å². The van der Waals surface area contributed by atoms with Gasteiger partial charge in [-0.1, -0.05) is 0 Å². The highest BCUT2D eigenvalue weighted by atomic mass is 32.2. The Labute approximate surface area is 85.2 Å². The molecule has 0 rings (SSSR count). The van der Waals surface area contributed by atoms with Gasteiger partial charge in [-0.25, -0.2) is 10.1 Å². The number of rotatable bonds is 4. The molecule has 6 nitrogen and oxygen atoms in total. The lowest BCUT2D eigenvalue weighted by Crippen LogP contribution is -2.51. The quantitative estimate of drug-likeness (QED) is 0.620. The van der Waals surface area contributed by atoms with Crippen LogP contribution >= 0.6 is 0 Å². The van der Waals surface area contributed by atoms with Gasteiger partial charge in [0, 0.05) is 14.1 Å². The summed E-state index contributed by atoms with van der Waals surface area (Å²) >= 11 is 0. The Morgan fingerprint density at radius 1 is 1.40 bits per heavy atom. The molecule has 0 amide bonds. The van der Waals surface area contributed by atoms with Gasteiger partial charge in [-0.05, 0) is 0 Å². The van der Waals surface area contributed by atoms with Crippen LogP contribution in [0.3, 0.4) is 0 Å². The van der Waals surface area contributed by atoms with Gasteiger partial charge in [0.1, 0.15) is 0 Å². The number of hydrogen-bond donors (Lipinski definition) is 2. The Hall–Kier alpha value is -0.420. The molecule has 1 atom stereocenters. The van der Waals surface area contributed by atoms with Crippen molar-refractivity contribution >= 4 is 10.2 Å². The normalized spacial score (nSPS) is 16.1. The van der Waals surface area contributed by atoms with Crippen LogP contribution in [-0.4, -0.2) is 55.9 Å². The van der Waals surface area contributed by atoms with E-state index in [-0.39, 0.29) is 4.41 Å². The van der Waals surface area contributed by atoms with Crippen molar-refractivity contribution in [3.8, 4) is 0 Å². The van der Waals surface area contributed by atoms with E-state index < -0.39 is 29.0 Å². The molecule has 0 aliphatic rings. The van der Waals surface area contributed by atoms with E-state index in [0.29, 0.717) is 0 Å². The van der Waals surface area contributed by atoms with Crippen LogP contribution in [0.4, 0.5) is 13.2 Å². The van der Waals surface area contributed by atoms with Crippen LogP contribution in [0.25, 0.3) is 0 Å². The van der Waals surface area contributed by atoms with Crippen LogP contribution in [0, 0.1) is 0 Å². The van der Waals surface area contributed by atoms with E-state index >= 15 is 0 Å². The molecule has 0 fully saturated rings. The SMILES string of the molecule is CN(C)N(CC(O)C(F)(F)F)S(N)(=O)=O. The third kappa shape index (κ3) is 4.75. The van der Waals surface area contributed by atoms with Crippen LogP contribution in [-0.2, 0) is 10.2 Å². The maximum atomic E-state index is 11.9. The Morgan fingerprint density at radius 3 is 2.00 bits per heavy atom. The second kappa shape index (κ2) is 4.61. The number of aliphatic hydroxyl groups excluding tert-OH is 1. The second-order valence-corrected chi connectivity index (χ2v) is 4.41. The average molecular weight is 251 g/mol. The molecule has 0 aliphatic heterocycles. The fraction of sp³-hybridized carbons (Fsp3) is 1.00. The first-order valence-corrected chi connectivity index (χ1v) is 5.19. The number of alkyl halides is 3. The third-order valence-electron chi connectivity index (χ3n) is 1.45. The first-order valence-electron chi connectivity index (χ1n) is 3.68. The molecular weight excluding hydrogens is 239 g/mol. The van der Waals surface area contributed by atoms with Crippen molar-refractivity contribution < 1.29 is 26.7 Å². The zero-order valence-electron chi connectivity index (χ0n) is 8.06. The number of nitrogens with zero attached hydrogens (tertiary/aromatic N) is 2. The Kier molecular flexibility index (Phi) is 4.49. The molecule has 0 bridgehead atoms. The lowest BCUT2D eigenvalue weighted by atomic mass is 10.3. The Morgan fingerprint density at radius 2 is 1.80 bits per heavy atom. The largest absolute Gasteiger partial charge is 0.415 e. The summed E-state index contributed by atoms with van der Waals surface area (Å²) < 4.78 is 57.6. The molecule has 0 aromatic heterocycles. The lowest BCUT2D eigenvalue weighted by Gasteiger charge is -2.28. The van der Waals surface area contributed by atoms with E-state index in [0.717, 1.165) is 5.01 Å². The minimum atomic E-state index is -4.89. The van der Waals surface area contributed by atoms with Gasteiger partial charge in [-0.15, -0.1) is 4.41 Å². The molecule has 3 N–H and O–H groups in total. The van der Waals surface area contributed by atoms with Gasteiger partial charge in [0.05, 0.1) is 6.54 Å². The maximum Gasteiger partial charge on any atom is 0.415 e. The second-order valence-electron chi connectivity index (χ2n) is 2.95.